The zero-order chi connectivity index (χ0) is 19.8. The van der Waals surface area contributed by atoms with E-state index in [1.54, 1.807) is 0 Å². The van der Waals surface area contributed by atoms with Crippen LogP contribution in [-0.4, -0.2) is 24.3 Å². The van der Waals surface area contributed by atoms with E-state index in [1.807, 2.05) is 6.92 Å². The fraction of sp³-hybridized carbons (Fsp3) is 0.696. The minimum Gasteiger partial charge on any atom is -0.463 e. The van der Waals surface area contributed by atoms with Gasteiger partial charge in [0.15, 0.2) is 0 Å². The molecule has 1 aliphatic carbocycles. The summed E-state index contributed by atoms with van der Waals surface area (Å²) in [7, 11) is 0. The van der Waals surface area contributed by atoms with E-state index in [4.69, 9.17) is 9.84 Å². The lowest BCUT2D eigenvalue weighted by Gasteiger charge is -2.45. The smallest absolute Gasteiger partial charge is 0.312 e. The number of aliphatic hydroxyl groups is 1. The minimum atomic E-state index is -0.533. The van der Waals surface area contributed by atoms with E-state index in [-0.39, 0.29) is 24.6 Å². The molecule has 0 aromatic rings. The van der Waals surface area contributed by atoms with Gasteiger partial charge in [0.05, 0.1) is 12.0 Å². The van der Waals surface area contributed by atoms with Crippen molar-refractivity contribution in [2.24, 2.45) is 10.8 Å². The molecule has 148 valence electrons. The van der Waals surface area contributed by atoms with Crippen LogP contribution in [0.25, 0.3) is 0 Å². The van der Waals surface area contributed by atoms with Crippen LogP contribution in [0.2, 0.25) is 0 Å². The third-order valence-corrected chi connectivity index (χ3v) is 5.80. The number of hydrogen-bond acceptors (Lipinski definition) is 3. The molecule has 0 saturated heterocycles. The van der Waals surface area contributed by atoms with Gasteiger partial charge in [0, 0.05) is 0 Å². The van der Waals surface area contributed by atoms with Gasteiger partial charge < -0.3 is 9.84 Å². The summed E-state index contributed by atoms with van der Waals surface area (Å²) in [4.78, 5) is 12.6. The van der Waals surface area contributed by atoms with Crippen molar-refractivity contribution in [2.75, 3.05) is 13.2 Å². The number of rotatable bonds is 9. The quantitative estimate of drug-likeness (QED) is 0.420. The van der Waals surface area contributed by atoms with Crippen molar-refractivity contribution in [1.29, 1.82) is 0 Å². The van der Waals surface area contributed by atoms with Crippen LogP contribution >= 0.6 is 0 Å². The van der Waals surface area contributed by atoms with Crippen LogP contribution in [0.15, 0.2) is 34.9 Å². The SMILES string of the molecule is CC(C)=CCC/C(C)=C/CCC1=CCC(C)(C)[C@@](C)(C(=O)OCCO)C1. The highest BCUT2D eigenvalue weighted by atomic mass is 16.5. The number of hydrogen-bond donors (Lipinski definition) is 1. The first-order valence-corrected chi connectivity index (χ1v) is 9.87. The number of allylic oxidation sites excluding steroid dienone is 6. The Balaban J connectivity index is 2.65. The molecule has 0 aromatic carbocycles. The van der Waals surface area contributed by atoms with E-state index in [1.165, 1.54) is 16.7 Å². The summed E-state index contributed by atoms with van der Waals surface area (Å²) in [6.07, 6.45) is 12.8. The zero-order valence-electron chi connectivity index (χ0n) is 17.7. The van der Waals surface area contributed by atoms with Gasteiger partial charge in [-0.05, 0) is 71.6 Å². The van der Waals surface area contributed by atoms with Crippen molar-refractivity contribution in [1.82, 2.24) is 0 Å². The van der Waals surface area contributed by atoms with Gasteiger partial charge in [-0.3, -0.25) is 4.79 Å². The highest BCUT2D eigenvalue weighted by Gasteiger charge is 2.49. The molecule has 0 saturated carbocycles. The minimum absolute atomic E-state index is 0.0805. The van der Waals surface area contributed by atoms with Crippen molar-refractivity contribution in [2.45, 2.75) is 80.1 Å². The van der Waals surface area contributed by atoms with E-state index in [9.17, 15) is 4.79 Å². The summed E-state index contributed by atoms with van der Waals surface area (Å²) in [5.74, 6) is -0.185. The third kappa shape index (κ3) is 6.42. The molecular formula is C23H38O3. The van der Waals surface area contributed by atoms with Crippen molar-refractivity contribution < 1.29 is 14.6 Å². The second-order valence-corrected chi connectivity index (χ2v) is 8.73. The van der Waals surface area contributed by atoms with Crippen LogP contribution in [0.1, 0.15) is 80.1 Å². The normalized spacial score (nSPS) is 22.6. The number of ether oxygens (including phenoxy) is 1. The van der Waals surface area contributed by atoms with E-state index in [0.29, 0.717) is 0 Å². The van der Waals surface area contributed by atoms with Gasteiger partial charge in [0.25, 0.3) is 0 Å². The molecule has 26 heavy (non-hydrogen) atoms. The number of carbonyl (C=O) groups is 1. The van der Waals surface area contributed by atoms with Gasteiger partial charge in [-0.2, -0.15) is 0 Å². The van der Waals surface area contributed by atoms with Crippen molar-refractivity contribution >= 4 is 5.97 Å². The Morgan fingerprint density at radius 1 is 1.19 bits per heavy atom. The Bertz CT molecular complexity index is 562. The number of carbonyl (C=O) groups excluding carboxylic acids is 1. The lowest BCUT2D eigenvalue weighted by atomic mass is 9.59. The lowest BCUT2D eigenvalue weighted by molar-refractivity contribution is -0.164. The Labute approximate surface area is 160 Å². The Morgan fingerprint density at radius 2 is 1.88 bits per heavy atom. The van der Waals surface area contributed by atoms with Crippen LogP contribution in [0, 0.1) is 10.8 Å². The topological polar surface area (TPSA) is 46.5 Å². The molecule has 1 aliphatic rings. The molecule has 0 amide bonds. The molecule has 0 bridgehead atoms. The number of esters is 1. The predicted molar refractivity (Wildman–Crippen MR) is 109 cm³/mol. The number of aliphatic hydroxyl groups excluding tert-OH is 1. The molecule has 1 atom stereocenters. The van der Waals surface area contributed by atoms with Crippen molar-refractivity contribution in [3.05, 3.63) is 34.9 Å². The van der Waals surface area contributed by atoms with Crippen LogP contribution in [0.5, 0.6) is 0 Å². The van der Waals surface area contributed by atoms with Gasteiger partial charge in [-0.15, -0.1) is 0 Å². The average molecular weight is 363 g/mol. The maximum atomic E-state index is 12.6. The highest BCUT2D eigenvalue weighted by molar-refractivity contribution is 5.78. The van der Waals surface area contributed by atoms with Crippen molar-refractivity contribution in [3.63, 3.8) is 0 Å². The predicted octanol–water partition coefficient (Wildman–Crippen LogP) is 5.75. The van der Waals surface area contributed by atoms with Crippen LogP contribution in [0.4, 0.5) is 0 Å². The first-order chi connectivity index (χ1) is 12.1. The molecule has 0 heterocycles. The molecule has 0 unspecified atom stereocenters. The maximum Gasteiger partial charge on any atom is 0.312 e. The third-order valence-electron chi connectivity index (χ3n) is 5.80. The van der Waals surface area contributed by atoms with E-state index in [0.717, 1.165) is 38.5 Å². The maximum absolute atomic E-state index is 12.6. The van der Waals surface area contributed by atoms with E-state index >= 15 is 0 Å². The van der Waals surface area contributed by atoms with Gasteiger partial charge in [-0.25, -0.2) is 0 Å². The average Bonchev–Trinajstić information content (AvgIpc) is 2.55. The fourth-order valence-electron chi connectivity index (χ4n) is 3.42. The van der Waals surface area contributed by atoms with Gasteiger partial charge in [0.1, 0.15) is 6.61 Å². The molecule has 1 N–H and O–H groups in total. The lowest BCUT2D eigenvalue weighted by Crippen LogP contribution is -2.45. The molecule has 1 rings (SSSR count). The molecule has 0 radical (unpaired) electrons. The molecule has 0 spiro atoms. The molecule has 0 fully saturated rings. The summed E-state index contributed by atoms with van der Waals surface area (Å²) in [6, 6.07) is 0. The Morgan fingerprint density at radius 3 is 2.50 bits per heavy atom. The van der Waals surface area contributed by atoms with Crippen molar-refractivity contribution in [3.8, 4) is 0 Å². The second kappa shape index (κ2) is 10.1. The second-order valence-electron chi connectivity index (χ2n) is 8.73. The first kappa shape index (κ1) is 22.7. The van der Waals surface area contributed by atoms with E-state index in [2.05, 4.69) is 52.8 Å². The Kier molecular flexibility index (Phi) is 8.82. The first-order valence-electron chi connectivity index (χ1n) is 9.87. The van der Waals surface area contributed by atoms with Crippen LogP contribution in [0.3, 0.4) is 0 Å². The Hall–Kier alpha value is -1.35. The standard InChI is InChI=1S/C23H38O3/c1-18(2)9-7-10-19(3)11-8-12-20-13-14-22(4,5)23(6,17-20)21(25)26-16-15-24/h9,11,13,24H,7-8,10,12,14-17H2,1-6H3/b19-11+/t23-/m1/s1. The monoisotopic (exact) mass is 362 g/mol. The van der Waals surface area contributed by atoms with E-state index < -0.39 is 5.41 Å². The summed E-state index contributed by atoms with van der Waals surface area (Å²) in [5, 5.41) is 8.94. The fourth-order valence-corrected chi connectivity index (χ4v) is 3.42. The summed E-state index contributed by atoms with van der Waals surface area (Å²) < 4.78 is 5.29. The summed E-state index contributed by atoms with van der Waals surface area (Å²) in [6.45, 7) is 12.7. The summed E-state index contributed by atoms with van der Waals surface area (Å²) in [5.41, 5.74) is 3.48. The van der Waals surface area contributed by atoms with Crippen LogP contribution in [-0.2, 0) is 9.53 Å². The molecular weight excluding hydrogens is 324 g/mol. The molecule has 3 heteroatoms. The molecule has 0 aliphatic heterocycles. The highest BCUT2D eigenvalue weighted by Crippen LogP contribution is 2.51. The molecule has 0 aromatic heterocycles. The van der Waals surface area contributed by atoms with Gasteiger partial charge in [0.2, 0.25) is 0 Å². The zero-order valence-corrected chi connectivity index (χ0v) is 17.7. The van der Waals surface area contributed by atoms with Crippen LogP contribution < -0.4 is 0 Å². The van der Waals surface area contributed by atoms with Gasteiger partial charge in [-0.1, -0.05) is 48.8 Å². The summed E-state index contributed by atoms with van der Waals surface area (Å²) >= 11 is 0. The largest absolute Gasteiger partial charge is 0.463 e. The molecule has 3 nitrogen and oxygen atoms in total. The van der Waals surface area contributed by atoms with Gasteiger partial charge >= 0.3 is 5.97 Å².